The average Bonchev–Trinajstić information content (AvgIpc) is 3.48. The van der Waals surface area contributed by atoms with Crippen molar-refractivity contribution in [3.05, 3.63) is 59.9 Å². The minimum absolute atomic E-state index is 0.0179. The van der Waals surface area contributed by atoms with Crippen molar-refractivity contribution in [3.8, 4) is 17.2 Å². The summed E-state index contributed by atoms with van der Waals surface area (Å²) in [6.45, 7) is -0.170. The van der Waals surface area contributed by atoms with Gasteiger partial charge in [0.25, 0.3) is 0 Å². The largest absolute Gasteiger partial charge is 0.394 e. The van der Waals surface area contributed by atoms with Crippen LogP contribution in [0, 0.1) is 23.1 Å². The molecule has 26 heavy (non-hydrogen) atoms. The number of aliphatic hydroxyl groups excluding tert-OH is 1. The fourth-order valence-electron chi connectivity index (χ4n) is 3.83. The second-order valence-corrected chi connectivity index (χ2v) is 6.97. The zero-order chi connectivity index (χ0) is 18.3. The smallest absolute Gasteiger partial charge is 0.227 e. The third kappa shape index (κ3) is 2.67. The molecule has 132 valence electrons. The van der Waals surface area contributed by atoms with Gasteiger partial charge in [-0.15, -0.1) is 0 Å². The van der Waals surface area contributed by atoms with Gasteiger partial charge in [-0.2, -0.15) is 5.26 Å². The molecule has 3 atom stereocenters. The molecular formula is C21H19FN2O2. The molecule has 2 aromatic rings. The molecular weight excluding hydrogens is 331 g/mol. The number of aliphatic hydroxyl groups is 1. The Labute approximate surface area is 151 Å². The molecule has 2 aromatic carbocycles. The van der Waals surface area contributed by atoms with Crippen LogP contribution in [0.3, 0.4) is 0 Å². The normalized spacial score (nSPS) is 24.7. The number of rotatable bonds is 4. The van der Waals surface area contributed by atoms with Gasteiger partial charge >= 0.3 is 0 Å². The first-order valence-corrected chi connectivity index (χ1v) is 8.83. The van der Waals surface area contributed by atoms with Crippen molar-refractivity contribution in [2.75, 3.05) is 6.61 Å². The van der Waals surface area contributed by atoms with Crippen molar-refractivity contribution >= 4 is 5.91 Å². The maximum atomic E-state index is 13.9. The molecule has 1 aliphatic heterocycles. The third-order valence-electron chi connectivity index (χ3n) is 5.39. The summed E-state index contributed by atoms with van der Waals surface area (Å²) in [5, 5.41) is 19.3. The second kappa shape index (κ2) is 6.54. The van der Waals surface area contributed by atoms with Gasteiger partial charge in [0.15, 0.2) is 0 Å². The van der Waals surface area contributed by atoms with Crippen molar-refractivity contribution in [3.63, 3.8) is 0 Å². The lowest BCUT2D eigenvalue weighted by molar-refractivity contribution is -0.148. The van der Waals surface area contributed by atoms with Crippen LogP contribution < -0.4 is 0 Å². The number of benzene rings is 2. The van der Waals surface area contributed by atoms with Crippen LogP contribution in [-0.4, -0.2) is 34.6 Å². The van der Waals surface area contributed by atoms with Crippen LogP contribution in [0.2, 0.25) is 0 Å². The van der Waals surface area contributed by atoms with E-state index in [4.69, 9.17) is 0 Å². The van der Waals surface area contributed by atoms with E-state index in [1.807, 2.05) is 24.3 Å². The van der Waals surface area contributed by atoms with E-state index in [1.54, 1.807) is 23.1 Å². The predicted molar refractivity (Wildman–Crippen MR) is 94.4 cm³/mol. The molecule has 2 fully saturated rings. The molecule has 0 spiro atoms. The highest BCUT2D eigenvalue weighted by Gasteiger charge is 2.53. The first-order chi connectivity index (χ1) is 12.7. The van der Waals surface area contributed by atoms with Crippen molar-refractivity contribution in [1.29, 1.82) is 5.26 Å². The van der Waals surface area contributed by atoms with E-state index in [1.165, 1.54) is 6.07 Å². The van der Waals surface area contributed by atoms with E-state index in [0.29, 0.717) is 5.56 Å². The summed E-state index contributed by atoms with van der Waals surface area (Å²) in [6, 6.07) is 15.2. The second-order valence-electron chi connectivity index (χ2n) is 6.97. The zero-order valence-corrected chi connectivity index (χ0v) is 14.2. The number of hydrogen-bond acceptors (Lipinski definition) is 3. The highest BCUT2D eigenvalue weighted by molar-refractivity contribution is 5.83. The molecule has 2 aliphatic rings. The molecule has 5 heteroatoms. The quantitative estimate of drug-likeness (QED) is 0.922. The lowest BCUT2D eigenvalue weighted by atomic mass is 9.75. The fraction of sp³-hybridized carbons (Fsp3) is 0.333. The maximum Gasteiger partial charge on any atom is 0.227 e. The summed E-state index contributed by atoms with van der Waals surface area (Å²) in [5.74, 6) is -0.505. The van der Waals surface area contributed by atoms with Gasteiger partial charge in [-0.05, 0) is 30.0 Å². The molecule has 1 heterocycles. The lowest BCUT2D eigenvalue weighted by Gasteiger charge is -2.51. The summed E-state index contributed by atoms with van der Waals surface area (Å²) in [5.41, 5.74) is 2.16. The SMILES string of the molecule is N#C[C@H]1[C@@H](c2ccc(-c3ccccc3F)cc2)[C@@H](CO)N1C(=O)C1CC1. The summed E-state index contributed by atoms with van der Waals surface area (Å²) in [6.07, 6.45) is 1.74. The molecule has 1 saturated heterocycles. The van der Waals surface area contributed by atoms with Crippen molar-refractivity contribution in [2.45, 2.75) is 30.8 Å². The molecule has 0 aromatic heterocycles. The maximum absolute atomic E-state index is 13.9. The Balaban J connectivity index is 1.60. The average molecular weight is 350 g/mol. The Morgan fingerprint density at radius 3 is 2.46 bits per heavy atom. The highest BCUT2D eigenvalue weighted by Crippen LogP contribution is 2.44. The molecule has 4 nitrogen and oxygen atoms in total. The van der Waals surface area contributed by atoms with Gasteiger partial charge in [0.1, 0.15) is 11.9 Å². The van der Waals surface area contributed by atoms with Crippen LogP contribution in [0.5, 0.6) is 0 Å². The number of carbonyl (C=O) groups excluding carboxylic acids is 1. The summed E-state index contributed by atoms with van der Waals surface area (Å²) in [4.78, 5) is 14.0. The van der Waals surface area contributed by atoms with Crippen LogP contribution in [0.4, 0.5) is 4.39 Å². The summed E-state index contributed by atoms with van der Waals surface area (Å²) in [7, 11) is 0. The van der Waals surface area contributed by atoms with Gasteiger partial charge in [0, 0.05) is 17.4 Å². The van der Waals surface area contributed by atoms with Gasteiger partial charge < -0.3 is 10.0 Å². The van der Waals surface area contributed by atoms with E-state index in [0.717, 1.165) is 24.0 Å². The monoisotopic (exact) mass is 350 g/mol. The first-order valence-electron chi connectivity index (χ1n) is 8.83. The van der Waals surface area contributed by atoms with Crippen LogP contribution in [0.15, 0.2) is 48.5 Å². The Morgan fingerprint density at radius 2 is 1.88 bits per heavy atom. The van der Waals surface area contributed by atoms with Gasteiger partial charge in [-0.3, -0.25) is 4.79 Å². The first kappa shape index (κ1) is 16.7. The van der Waals surface area contributed by atoms with Crippen LogP contribution in [-0.2, 0) is 4.79 Å². The Hall–Kier alpha value is -2.71. The molecule has 1 saturated carbocycles. The molecule has 1 aliphatic carbocycles. The van der Waals surface area contributed by atoms with Gasteiger partial charge in [0.05, 0.1) is 18.7 Å². The Kier molecular flexibility index (Phi) is 4.21. The zero-order valence-electron chi connectivity index (χ0n) is 14.2. The molecule has 0 bridgehead atoms. The lowest BCUT2D eigenvalue weighted by Crippen LogP contribution is -2.65. The number of halogens is 1. The predicted octanol–water partition coefficient (Wildman–Crippen LogP) is 3.08. The number of amides is 1. The Bertz CT molecular complexity index is 870. The van der Waals surface area contributed by atoms with Crippen molar-refractivity contribution < 1.29 is 14.3 Å². The van der Waals surface area contributed by atoms with Gasteiger partial charge in [-0.1, -0.05) is 42.5 Å². The van der Waals surface area contributed by atoms with Crippen LogP contribution >= 0.6 is 0 Å². The minimum Gasteiger partial charge on any atom is -0.394 e. The fourth-order valence-corrected chi connectivity index (χ4v) is 3.83. The number of nitriles is 1. The van der Waals surface area contributed by atoms with E-state index < -0.39 is 6.04 Å². The topological polar surface area (TPSA) is 64.3 Å². The molecule has 0 radical (unpaired) electrons. The van der Waals surface area contributed by atoms with Crippen LogP contribution in [0.25, 0.3) is 11.1 Å². The standard InChI is InChI=1S/C21H19FN2O2/c22-17-4-2-1-3-16(17)13-5-7-14(8-6-13)20-18(11-23)24(19(20)12-25)21(26)15-9-10-15/h1-8,15,18-20,25H,9-10,12H2/t18-,19+,20+/m0/s1. The third-order valence-corrected chi connectivity index (χ3v) is 5.39. The molecule has 1 N–H and O–H groups in total. The number of likely N-dealkylation sites (tertiary alicyclic amines) is 1. The number of hydrogen-bond donors (Lipinski definition) is 1. The minimum atomic E-state index is -0.556. The van der Waals surface area contributed by atoms with Crippen LogP contribution in [0.1, 0.15) is 24.3 Å². The van der Waals surface area contributed by atoms with Crippen molar-refractivity contribution in [2.24, 2.45) is 5.92 Å². The highest BCUT2D eigenvalue weighted by atomic mass is 19.1. The number of nitrogens with zero attached hydrogens (tertiary/aromatic N) is 2. The molecule has 1 amide bonds. The van der Waals surface area contributed by atoms with Crippen molar-refractivity contribution in [1.82, 2.24) is 4.90 Å². The van der Waals surface area contributed by atoms with E-state index >= 15 is 0 Å². The Morgan fingerprint density at radius 1 is 1.19 bits per heavy atom. The van der Waals surface area contributed by atoms with E-state index in [2.05, 4.69) is 6.07 Å². The number of carbonyl (C=O) groups is 1. The van der Waals surface area contributed by atoms with E-state index in [-0.39, 0.29) is 36.2 Å². The summed E-state index contributed by atoms with van der Waals surface area (Å²) >= 11 is 0. The van der Waals surface area contributed by atoms with E-state index in [9.17, 15) is 19.6 Å². The molecule has 0 unspecified atom stereocenters. The van der Waals surface area contributed by atoms with Gasteiger partial charge in [0.2, 0.25) is 5.91 Å². The summed E-state index contributed by atoms with van der Waals surface area (Å²) < 4.78 is 13.9. The molecule has 4 rings (SSSR count). The van der Waals surface area contributed by atoms with Gasteiger partial charge in [-0.25, -0.2) is 4.39 Å².